The van der Waals surface area contributed by atoms with Crippen molar-refractivity contribution in [3.63, 3.8) is 0 Å². The summed E-state index contributed by atoms with van der Waals surface area (Å²) in [6, 6.07) is 0.392. The standard InChI is InChI=1S/C10H7F6NO/c1-4-2-5(8(17)18)7(10(14,15)16)3-6(4)9(11,12)13/h2-3H,1H3,(H2,17,18). The lowest BCUT2D eigenvalue weighted by atomic mass is 9.98. The van der Waals surface area contributed by atoms with Crippen molar-refractivity contribution in [2.45, 2.75) is 19.3 Å². The van der Waals surface area contributed by atoms with Crippen LogP contribution in [0.25, 0.3) is 0 Å². The van der Waals surface area contributed by atoms with Gasteiger partial charge >= 0.3 is 12.4 Å². The first-order valence-electron chi connectivity index (χ1n) is 4.53. The van der Waals surface area contributed by atoms with E-state index >= 15 is 0 Å². The van der Waals surface area contributed by atoms with Crippen molar-refractivity contribution in [2.75, 3.05) is 0 Å². The van der Waals surface area contributed by atoms with E-state index in [2.05, 4.69) is 0 Å². The number of nitrogens with two attached hydrogens (primary N) is 1. The number of aryl methyl sites for hydroxylation is 1. The largest absolute Gasteiger partial charge is 0.417 e. The van der Waals surface area contributed by atoms with Crippen molar-refractivity contribution in [3.05, 3.63) is 34.4 Å². The number of primary amides is 1. The Kier molecular flexibility index (Phi) is 3.33. The van der Waals surface area contributed by atoms with E-state index in [9.17, 15) is 31.1 Å². The highest BCUT2D eigenvalue weighted by molar-refractivity contribution is 5.95. The molecule has 0 fully saturated rings. The van der Waals surface area contributed by atoms with E-state index in [1.165, 1.54) is 0 Å². The minimum atomic E-state index is -5.09. The van der Waals surface area contributed by atoms with Crippen LogP contribution in [0.15, 0.2) is 12.1 Å². The monoisotopic (exact) mass is 271 g/mol. The molecule has 2 N–H and O–H groups in total. The number of hydrogen-bond acceptors (Lipinski definition) is 1. The zero-order valence-electron chi connectivity index (χ0n) is 8.91. The zero-order chi connectivity index (χ0) is 14.3. The van der Waals surface area contributed by atoms with Crippen LogP contribution in [0.3, 0.4) is 0 Å². The second-order valence-corrected chi connectivity index (χ2v) is 3.57. The summed E-state index contributed by atoms with van der Waals surface area (Å²) in [5.41, 5.74) is 0.113. The van der Waals surface area contributed by atoms with E-state index in [0.717, 1.165) is 6.92 Å². The molecule has 0 heterocycles. The molecular formula is C10H7F6NO. The van der Waals surface area contributed by atoms with Gasteiger partial charge in [0.25, 0.3) is 0 Å². The maximum absolute atomic E-state index is 12.5. The highest BCUT2D eigenvalue weighted by Gasteiger charge is 2.40. The third-order valence-electron chi connectivity index (χ3n) is 2.24. The van der Waals surface area contributed by atoms with Crippen LogP contribution in [-0.4, -0.2) is 5.91 Å². The second-order valence-electron chi connectivity index (χ2n) is 3.57. The topological polar surface area (TPSA) is 43.1 Å². The van der Waals surface area contributed by atoms with Crippen molar-refractivity contribution in [1.82, 2.24) is 0 Å². The van der Waals surface area contributed by atoms with Crippen molar-refractivity contribution >= 4 is 5.91 Å². The predicted molar refractivity (Wildman–Crippen MR) is 49.7 cm³/mol. The molecule has 0 radical (unpaired) electrons. The predicted octanol–water partition coefficient (Wildman–Crippen LogP) is 3.13. The van der Waals surface area contributed by atoms with Gasteiger partial charge in [-0.3, -0.25) is 4.79 Å². The third kappa shape index (κ3) is 2.74. The van der Waals surface area contributed by atoms with Gasteiger partial charge in [0.15, 0.2) is 0 Å². The molecule has 1 aromatic carbocycles. The van der Waals surface area contributed by atoms with Crippen LogP contribution in [-0.2, 0) is 12.4 Å². The van der Waals surface area contributed by atoms with E-state index in [1.807, 2.05) is 0 Å². The molecule has 18 heavy (non-hydrogen) atoms. The lowest BCUT2D eigenvalue weighted by Crippen LogP contribution is -2.21. The van der Waals surface area contributed by atoms with Crippen LogP contribution in [0.4, 0.5) is 26.3 Å². The number of carbonyl (C=O) groups excluding carboxylic acids is 1. The number of benzene rings is 1. The number of carbonyl (C=O) groups is 1. The van der Waals surface area contributed by atoms with E-state index in [4.69, 9.17) is 5.73 Å². The number of halogens is 6. The average Bonchev–Trinajstić information content (AvgIpc) is 2.12. The summed E-state index contributed by atoms with van der Waals surface area (Å²) in [4.78, 5) is 10.8. The molecule has 0 aromatic heterocycles. The third-order valence-corrected chi connectivity index (χ3v) is 2.24. The lowest BCUT2D eigenvalue weighted by molar-refractivity contribution is -0.143. The van der Waals surface area contributed by atoms with Crippen LogP contribution >= 0.6 is 0 Å². The summed E-state index contributed by atoms with van der Waals surface area (Å²) in [5.74, 6) is -1.43. The fourth-order valence-electron chi connectivity index (χ4n) is 1.45. The van der Waals surface area contributed by atoms with E-state index in [1.54, 1.807) is 0 Å². The fraction of sp³-hybridized carbons (Fsp3) is 0.300. The summed E-state index contributed by atoms with van der Waals surface area (Å²) in [5, 5.41) is 0. The SMILES string of the molecule is Cc1cc(C(N)=O)c(C(F)(F)F)cc1C(F)(F)F. The van der Waals surface area contributed by atoms with Crippen LogP contribution in [0.1, 0.15) is 27.0 Å². The first-order valence-corrected chi connectivity index (χ1v) is 4.53. The number of rotatable bonds is 1. The fourth-order valence-corrected chi connectivity index (χ4v) is 1.45. The molecule has 0 saturated heterocycles. The normalized spacial score (nSPS) is 12.6. The maximum atomic E-state index is 12.5. The minimum absolute atomic E-state index is 0.102. The highest BCUT2D eigenvalue weighted by Crippen LogP contribution is 2.38. The molecule has 0 spiro atoms. The molecule has 1 aromatic rings. The Morgan fingerprint density at radius 1 is 1.00 bits per heavy atom. The Labute approximate surface area is 97.4 Å². The Hall–Kier alpha value is -1.73. The number of alkyl halides is 6. The molecule has 1 amide bonds. The molecule has 0 atom stereocenters. The van der Waals surface area contributed by atoms with E-state index in [-0.39, 0.29) is 6.07 Å². The van der Waals surface area contributed by atoms with Crippen molar-refractivity contribution < 1.29 is 31.1 Å². The summed E-state index contributed by atoms with van der Waals surface area (Å²) in [6.07, 6.45) is -10.0. The van der Waals surface area contributed by atoms with Gasteiger partial charge < -0.3 is 5.73 Å². The molecule has 0 aliphatic heterocycles. The first-order chi connectivity index (χ1) is 7.94. The van der Waals surface area contributed by atoms with Gasteiger partial charge in [-0.05, 0) is 24.6 Å². The molecule has 0 bridgehead atoms. The molecule has 2 nitrogen and oxygen atoms in total. The van der Waals surface area contributed by atoms with Gasteiger partial charge in [0, 0.05) is 0 Å². The molecular weight excluding hydrogens is 264 g/mol. The minimum Gasteiger partial charge on any atom is -0.366 e. The molecule has 8 heteroatoms. The van der Waals surface area contributed by atoms with Crippen molar-refractivity contribution in [3.8, 4) is 0 Å². The summed E-state index contributed by atoms with van der Waals surface area (Å²) >= 11 is 0. The lowest BCUT2D eigenvalue weighted by Gasteiger charge is -2.16. The van der Waals surface area contributed by atoms with Crippen LogP contribution in [0.5, 0.6) is 0 Å². The Morgan fingerprint density at radius 2 is 1.44 bits per heavy atom. The Morgan fingerprint density at radius 3 is 1.78 bits per heavy atom. The molecule has 0 aliphatic carbocycles. The van der Waals surface area contributed by atoms with Gasteiger partial charge in [-0.2, -0.15) is 26.3 Å². The number of amides is 1. The van der Waals surface area contributed by atoms with E-state index in [0.29, 0.717) is 6.07 Å². The van der Waals surface area contributed by atoms with Gasteiger partial charge in [0.1, 0.15) is 0 Å². The molecule has 0 unspecified atom stereocenters. The summed E-state index contributed by atoms with van der Waals surface area (Å²) in [6.45, 7) is 0.954. The van der Waals surface area contributed by atoms with Crippen LogP contribution in [0.2, 0.25) is 0 Å². The summed E-state index contributed by atoms with van der Waals surface area (Å²) in [7, 11) is 0. The van der Waals surface area contributed by atoms with Gasteiger partial charge in [0.2, 0.25) is 5.91 Å². The van der Waals surface area contributed by atoms with Gasteiger partial charge in [-0.1, -0.05) is 0 Å². The van der Waals surface area contributed by atoms with E-state index < -0.39 is 40.5 Å². The number of hydrogen-bond donors (Lipinski definition) is 1. The van der Waals surface area contributed by atoms with Crippen molar-refractivity contribution in [2.24, 2.45) is 5.73 Å². The smallest absolute Gasteiger partial charge is 0.366 e. The van der Waals surface area contributed by atoms with Crippen molar-refractivity contribution in [1.29, 1.82) is 0 Å². The first kappa shape index (κ1) is 14.3. The quantitative estimate of drug-likeness (QED) is 0.783. The van der Waals surface area contributed by atoms with Gasteiger partial charge in [-0.15, -0.1) is 0 Å². The summed E-state index contributed by atoms with van der Waals surface area (Å²) < 4.78 is 75.0. The molecule has 0 aliphatic rings. The van der Waals surface area contributed by atoms with Gasteiger partial charge in [0.05, 0.1) is 16.7 Å². The van der Waals surface area contributed by atoms with Crippen LogP contribution in [0, 0.1) is 6.92 Å². The Balaban J connectivity index is 3.62. The average molecular weight is 271 g/mol. The second kappa shape index (κ2) is 4.18. The highest BCUT2D eigenvalue weighted by atomic mass is 19.4. The molecule has 0 saturated carbocycles. The van der Waals surface area contributed by atoms with Gasteiger partial charge in [-0.25, -0.2) is 0 Å². The maximum Gasteiger partial charge on any atom is 0.417 e. The Bertz CT molecular complexity index is 488. The van der Waals surface area contributed by atoms with Crippen LogP contribution < -0.4 is 5.73 Å². The molecule has 1 rings (SSSR count). The zero-order valence-corrected chi connectivity index (χ0v) is 8.91. The molecule has 100 valence electrons.